The van der Waals surface area contributed by atoms with Gasteiger partial charge in [-0.2, -0.15) is 4.31 Å². The summed E-state index contributed by atoms with van der Waals surface area (Å²) in [6.45, 7) is 4.37. The van der Waals surface area contributed by atoms with Gasteiger partial charge in [-0.25, -0.2) is 8.42 Å². The van der Waals surface area contributed by atoms with Gasteiger partial charge in [-0.15, -0.1) is 0 Å². The number of amides is 1. The molecule has 26 heavy (non-hydrogen) atoms. The van der Waals surface area contributed by atoms with Crippen LogP contribution in [0.15, 0.2) is 33.2 Å². The summed E-state index contributed by atoms with van der Waals surface area (Å²) in [5.74, 6) is -0.452. The van der Waals surface area contributed by atoms with Crippen molar-refractivity contribution in [2.45, 2.75) is 26.1 Å². The van der Waals surface area contributed by atoms with Gasteiger partial charge in [0.15, 0.2) is 5.76 Å². The van der Waals surface area contributed by atoms with Crippen LogP contribution in [0.2, 0.25) is 0 Å². The van der Waals surface area contributed by atoms with Crippen molar-refractivity contribution in [1.82, 2.24) is 9.62 Å². The van der Waals surface area contributed by atoms with E-state index in [4.69, 9.17) is 9.15 Å². The van der Waals surface area contributed by atoms with E-state index in [0.717, 1.165) is 9.86 Å². The van der Waals surface area contributed by atoms with Crippen LogP contribution in [0.3, 0.4) is 0 Å². The van der Waals surface area contributed by atoms with Crippen molar-refractivity contribution < 1.29 is 22.4 Å². The lowest BCUT2D eigenvalue weighted by Gasteiger charge is -2.34. The van der Waals surface area contributed by atoms with Crippen molar-refractivity contribution in [3.8, 4) is 0 Å². The lowest BCUT2D eigenvalue weighted by atomic mass is 10.2. The van der Waals surface area contributed by atoms with Crippen molar-refractivity contribution in [2.24, 2.45) is 0 Å². The van der Waals surface area contributed by atoms with E-state index in [-0.39, 0.29) is 30.3 Å². The van der Waals surface area contributed by atoms with Gasteiger partial charge in [0.2, 0.25) is 10.0 Å². The minimum atomic E-state index is -3.46. The molecule has 1 aromatic carbocycles. The summed E-state index contributed by atoms with van der Waals surface area (Å²) in [6.07, 6.45) is -0.283. The molecule has 7 nitrogen and oxygen atoms in total. The fraction of sp³-hybridized carbons (Fsp3) is 0.471. The molecule has 0 bridgehead atoms. The zero-order valence-corrected chi connectivity index (χ0v) is 17.0. The molecule has 0 radical (unpaired) electrons. The van der Waals surface area contributed by atoms with Gasteiger partial charge in [0.1, 0.15) is 5.58 Å². The van der Waals surface area contributed by atoms with Crippen LogP contribution < -0.4 is 5.32 Å². The molecule has 9 heteroatoms. The number of sulfonamides is 1. The highest BCUT2D eigenvalue weighted by atomic mass is 79.9. The first-order valence-electron chi connectivity index (χ1n) is 8.36. The SMILES string of the molecule is CC1CN(S(=O)(=O)CCNC(=O)c2cc3cccc(Br)c3o2)CC(C)O1. The Kier molecular flexibility index (Phi) is 5.71. The number of halogens is 1. The lowest BCUT2D eigenvalue weighted by Crippen LogP contribution is -2.49. The number of hydrogen-bond donors (Lipinski definition) is 1. The molecule has 1 aromatic heterocycles. The molecular formula is C17H21BrN2O5S. The maximum Gasteiger partial charge on any atom is 0.287 e. The third-order valence-electron chi connectivity index (χ3n) is 4.14. The summed E-state index contributed by atoms with van der Waals surface area (Å²) in [4.78, 5) is 12.2. The summed E-state index contributed by atoms with van der Waals surface area (Å²) in [7, 11) is -3.46. The van der Waals surface area contributed by atoms with Crippen LogP contribution >= 0.6 is 15.9 Å². The van der Waals surface area contributed by atoms with E-state index in [1.54, 1.807) is 6.07 Å². The van der Waals surface area contributed by atoms with Crippen LogP contribution in [0.25, 0.3) is 11.0 Å². The smallest absolute Gasteiger partial charge is 0.287 e. The van der Waals surface area contributed by atoms with Crippen LogP contribution in [0.4, 0.5) is 0 Å². The Balaban J connectivity index is 1.59. The molecule has 2 unspecified atom stereocenters. The average Bonchev–Trinajstić information content (AvgIpc) is 2.99. The third kappa shape index (κ3) is 4.28. The fourth-order valence-electron chi connectivity index (χ4n) is 3.01. The fourth-order valence-corrected chi connectivity index (χ4v) is 4.96. The van der Waals surface area contributed by atoms with Gasteiger partial charge in [0.25, 0.3) is 5.91 Å². The third-order valence-corrected chi connectivity index (χ3v) is 6.57. The Bertz CT molecular complexity index is 901. The average molecular weight is 445 g/mol. The highest BCUT2D eigenvalue weighted by molar-refractivity contribution is 9.10. The molecule has 1 N–H and O–H groups in total. The molecule has 1 saturated heterocycles. The largest absolute Gasteiger partial charge is 0.450 e. The van der Waals surface area contributed by atoms with Gasteiger partial charge in [-0.05, 0) is 41.9 Å². The minimum Gasteiger partial charge on any atom is -0.450 e. The number of hydrogen-bond acceptors (Lipinski definition) is 5. The minimum absolute atomic E-state index is 0.0134. The summed E-state index contributed by atoms with van der Waals surface area (Å²) >= 11 is 3.37. The van der Waals surface area contributed by atoms with Crippen molar-refractivity contribution >= 4 is 42.8 Å². The Hall–Kier alpha value is -1.42. The van der Waals surface area contributed by atoms with Crippen molar-refractivity contribution in [3.05, 3.63) is 34.5 Å². The monoisotopic (exact) mass is 444 g/mol. The summed E-state index contributed by atoms with van der Waals surface area (Å²) in [5, 5.41) is 3.41. The molecule has 0 spiro atoms. The second-order valence-electron chi connectivity index (χ2n) is 6.42. The van der Waals surface area contributed by atoms with Crippen LogP contribution in [-0.2, 0) is 14.8 Å². The van der Waals surface area contributed by atoms with Crippen LogP contribution in [0.5, 0.6) is 0 Å². The highest BCUT2D eigenvalue weighted by Crippen LogP contribution is 2.26. The Morgan fingerprint density at radius 2 is 2.00 bits per heavy atom. The van der Waals surface area contributed by atoms with Crippen molar-refractivity contribution in [3.63, 3.8) is 0 Å². The molecule has 1 aliphatic heterocycles. The number of morpholine rings is 1. The zero-order chi connectivity index (χ0) is 18.9. The second-order valence-corrected chi connectivity index (χ2v) is 9.36. The summed E-state index contributed by atoms with van der Waals surface area (Å²) in [6, 6.07) is 7.14. The van der Waals surface area contributed by atoms with E-state index in [1.165, 1.54) is 4.31 Å². The van der Waals surface area contributed by atoms with Gasteiger partial charge in [-0.3, -0.25) is 4.79 Å². The number of fused-ring (bicyclic) bond motifs is 1. The van der Waals surface area contributed by atoms with Crippen LogP contribution in [-0.4, -0.2) is 56.2 Å². The van der Waals surface area contributed by atoms with Crippen molar-refractivity contribution in [1.29, 1.82) is 0 Å². The van der Waals surface area contributed by atoms with Gasteiger partial charge in [0, 0.05) is 25.0 Å². The van der Waals surface area contributed by atoms with E-state index < -0.39 is 15.9 Å². The summed E-state index contributed by atoms with van der Waals surface area (Å²) < 4.78 is 38.2. The number of carbonyl (C=O) groups excluding carboxylic acids is 1. The highest BCUT2D eigenvalue weighted by Gasteiger charge is 2.30. The van der Waals surface area contributed by atoms with E-state index in [1.807, 2.05) is 32.0 Å². The van der Waals surface area contributed by atoms with Gasteiger partial charge >= 0.3 is 0 Å². The number of furan rings is 1. The quantitative estimate of drug-likeness (QED) is 0.764. The van der Waals surface area contributed by atoms with E-state index >= 15 is 0 Å². The molecule has 3 rings (SSSR count). The molecular weight excluding hydrogens is 424 g/mol. The zero-order valence-electron chi connectivity index (χ0n) is 14.6. The maximum atomic E-state index is 12.5. The molecule has 2 aromatic rings. The number of nitrogens with one attached hydrogen (secondary N) is 1. The molecule has 2 heterocycles. The first-order valence-corrected chi connectivity index (χ1v) is 10.8. The van der Waals surface area contributed by atoms with E-state index in [0.29, 0.717) is 18.7 Å². The Labute approximate surface area is 160 Å². The first kappa shape index (κ1) is 19.3. The number of nitrogens with zero attached hydrogens (tertiary/aromatic N) is 1. The standard InChI is InChI=1S/C17H21BrN2O5S/c1-11-9-20(10-12(2)24-11)26(22,23)7-6-19-17(21)15-8-13-4-3-5-14(18)16(13)25-15/h3-5,8,11-12H,6-7,9-10H2,1-2H3,(H,19,21). The van der Waals surface area contributed by atoms with Crippen molar-refractivity contribution in [2.75, 3.05) is 25.4 Å². The Morgan fingerprint density at radius 3 is 2.65 bits per heavy atom. The molecule has 142 valence electrons. The predicted molar refractivity (Wildman–Crippen MR) is 102 cm³/mol. The molecule has 0 saturated carbocycles. The van der Waals surface area contributed by atoms with E-state index in [2.05, 4.69) is 21.2 Å². The number of benzene rings is 1. The second kappa shape index (κ2) is 7.67. The van der Waals surface area contributed by atoms with Crippen LogP contribution in [0, 0.1) is 0 Å². The van der Waals surface area contributed by atoms with Gasteiger partial charge in [0.05, 0.1) is 22.4 Å². The normalized spacial score (nSPS) is 21.8. The number of ether oxygens (including phenoxy) is 1. The predicted octanol–water partition coefficient (Wildman–Crippen LogP) is 2.36. The Morgan fingerprint density at radius 1 is 1.31 bits per heavy atom. The van der Waals surface area contributed by atoms with Gasteiger partial charge < -0.3 is 14.5 Å². The molecule has 1 amide bonds. The maximum absolute atomic E-state index is 12.5. The van der Waals surface area contributed by atoms with Gasteiger partial charge in [-0.1, -0.05) is 12.1 Å². The number of para-hydroxylation sites is 1. The van der Waals surface area contributed by atoms with E-state index in [9.17, 15) is 13.2 Å². The first-order chi connectivity index (χ1) is 12.3. The number of rotatable bonds is 5. The molecule has 1 fully saturated rings. The molecule has 2 atom stereocenters. The molecule has 1 aliphatic rings. The molecule has 0 aliphatic carbocycles. The topological polar surface area (TPSA) is 88.9 Å². The summed E-state index contributed by atoms with van der Waals surface area (Å²) in [5.41, 5.74) is 0.585. The lowest BCUT2D eigenvalue weighted by molar-refractivity contribution is -0.0440. The van der Waals surface area contributed by atoms with Crippen LogP contribution in [0.1, 0.15) is 24.4 Å². The number of carbonyl (C=O) groups is 1.